The van der Waals surface area contributed by atoms with Crippen LogP contribution in [0.1, 0.15) is 77.3 Å². The third-order valence-corrected chi connectivity index (χ3v) is 13.5. The van der Waals surface area contributed by atoms with Crippen LogP contribution < -0.4 is 9.47 Å². The zero-order valence-electron chi connectivity index (χ0n) is 29.9. The number of rotatable bonds is 16. The molecule has 48 heavy (non-hydrogen) atoms. The molecule has 10 nitrogen and oxygen atoms in total. The zero-order valence-corrected chi connectivity index (χ0v) is 29.9. The van der Waals surface area contributed by atoms with E-state index in [0.29, 0.717) is 50.6 Å². The first-order valence-electron chi connectivity index (χ1n) is 18.2. The second-order valence-corrected chi connectivity index (χ2v) is 16.5. The van der Waals surface area contributed by atoms with Crippen molar-refractivity contribution in [3.8, 4) is 11.5 Å². The van der Waals surface area contributed by atoms with Gasteiger partial charge in [0.2, 0.25) is 0 Å². The van der Waals surface area contributed by atoms with Crippen LogP contribution in [0, 0.1) is 22.7 Å². The van der Waals surface area contributed by atoms with E-state index < -0.39 is 17.2 Å². The van der Waals surface area contributed by atoms with Gasteiger partial charge in [0.15, 0.2) is 11.5 Å². The second kappa shape index (κ2) is 12.8. The van der Waals surface area contributed by atoms with E-state index in [1.54, 1.807) is 7.11 Å². The molecule has 1 aromatic carbocycles. The normalized spacial score (nSPS) is 34.4. The van der Waals surface area contributed by atoms with Crippen LogP contribution in [0.15, 0.2) is 12.1 Å². The molecule has 2 heterocycles. The molecule has 5 fully saturated rings. The minimum atomic E-state index is -0.987. The third-order valence-electron chi connectivity index (χ3n) is 13.5. The van der Waals surface area contributed by atoms with Crippen molar-refractivity contribution >= 4 is 5.97 Å². The summed E-state index contributed by atoms with van der Waals surface area (Å²) in [4.78, 5) is 15.9. The number of nitrogens with zero attached hydrogens (tertiary/aromatic N) is 1. The Balaban J connectivity index is 1.14. The van der Waals surface area contributed by atoms with Crippen molar-refractivity contribution in [1.29, 1.82) is 0 Å². The van der Waals surface area contributed by atoms with Crippen molar-refractivity contribution in [1.82, 2.24) is 4.90 Å². The van der Waals surface area contributed by atoms with Gasteiger partial charge >= 0.3 is 5.97 Å². The summed E-state index contributed by atoms with van der Waals surface area (Å²) in [6.45, 7) is 13.1. The molecule has 268 valence electrons. The number of carbonyl (C=O) groups excluding carboxylic acids is 1. The molecule has 0 radical (unpaired) electrons. The summed E-state index contributed by atoms with van der Waals surface area (Å²) >= 11 is 0. The summed E-state index contributed by atoms with van der Waals surface area (Å²) in [5.41, 5.74) is 0.196. The van der Waals surface area contributed by atoms with Crippen molar-refractivity contribution in [3.63, 3.8) is 0 Å². The van der Waals surface area contributed by atoms with Crippen molar-refractivity contribution < 1.29 is 43.1 Å². The maximum atomic E-state index is 13.1. The number of fused-ring (bicyclic) bond motifs is 2. The number of esters is 1. The molecule has 7 aliphatic rings. The molecular weight excluding hydrogens is 614 g/mol. The van der Waals surface area contributed by atoms with Gasteiger partial charge in [-0.15, -0.1) is 0 Å². The van der Waals surface area contributed by atoms with E-state index in [1.165, 1.54) is 24.0 Å². The highest BCUT2D eigenvalue weighted by atomic mass is 16.6. The van der Waals surface area contributed by atoms with Gasteiger partial charge in [0.25, 0.3) is 0 Å². The monoisotopic (exact) mass is 671 g/mol. The summed E-state index contributed by atoms with van der Waals surface area (Å²) in [5.74, 6) is 1.37. The quantitative estimate of drug-likeness (QED) is 0.155. The molecule has 4 bridgehead atoms. The van der Waals surface area contributed by atoms with E-state index in [2.05, 4.69) is 31.7 Å². The van der Waals surface area contributed by atoms with Crippen molar-refractivity contribution in [2.24, 2.45) is 22.7 Å². The topological polar surface area (TPSA) is 105 Å². The molecular formula is C38H57NO9. The SMILES string of the molecule is COCCOCCOCCOCC(=O)Oc1ccc2c3c1O[C@H]1C4(OC)CC[C@@]5(C[C@@H]4[C@](C)(O)C(C)(C)C)[C@@H](C2)N(CC2CC2)CC[C@]315. The average Bonchev–Trinajstić information content (AvgIpc) is 3.80. The highest BCUT2D eigenvalue weighted by Gasteiger charge is 2.82. The van der Waals surface area contributed by atoms with Crippen molar-refractivity contribution in [2.75, 3.05) is 73.6 Å². The summed E-state index contributed by atoms with van der Waals surface area (Å²) in [6.07, 6.45) is 7.10. The molecule has 5 aliphatic carbocycles. The van der Waals surface area contributed by atoms with Gasteiger partial charge in [-0.1, -0.05) is 26.8 Å². The fraction of sp³-hybridized carbons (Fsp3) is 0.816. The summed E-state index contributed by atoms with van der Waals surface area (Å²) < 4.78 is 41.4. The maximum Gasteiger partial charge on any atom is 0.337 e. The number of methoxy groups -OCH3 is 2. The Hall–Kier alpha value is -1.79. The molecule has 2 aliphatic heterocycles. The molecule has 1 aromatic rings. The first kappa shape index (κ1) is 34.6. The Labute approximate surface area is 286 Å². The minimum absolute atomic E-state index is 0.0657. The van der Waals surface area contributed by atoms with Crippen LogP contribution in [-0.2, 0) is 40.3 Å². The Bertz CT molecular complexity index is 1360. The summed E-state index contributed by atoms with van der Waals surface area (Å²) in [6, 6.07) is 4.46. The summed E-state index contributed by atoms with van der Waals surface area (Å²) in [5, 5.41) is 12.5. The lowest BCUT2D eigenvalue weighted by molar-refractivity contribution is -0.312. The predicted octanol–water partition coefficient (Wildman–Crippen LogP) is 4.31. The van der Waals surface area contributed by atoms with Gasteiger partial charge in [0.1, 0.15) is 18.3 Å². The highest BCUT2D eigenvalue weighted by molar-refractivity contribution is 5.76. The van der Waals surface area contributed by atoms with Gasteiger partial charge in [-0.2, -0.15) is 0 Å². The number of carbonyl (C=O) groups is 1. The van der Waals surface area contributed by atoms with Crippen LogP contribution in [0.5, 0.6) is 11.5 Å². The van der Waals surface area contributed by atoms with E-state index in [4.69, 9.17) is 33.2 Å². The second-order valence-electron chi connectivity index (χ2n) is 16.5. The molecule has 1 N–H and O–H groups in total. The molecule has 2 spiro atoms. The van der Waals surface area contributed by atoms with Crippen LogP contribution in [-0.4, -0.2) is 113 Å². The Morgan fingerprint density at radius 2 is 1.69 bits per heavy atom. The van der Waals surface area contributed by atoms with Crippen LogP contribution in [0.25, 0.3) is 0 Å². The third kappa shape index (κ3) is 5.27. The van der Waals surface area contributed by atoms with Gasteiger partial charge in [-0.25, -0.2) is 4.79 Å². The largest absolute Gasteiger partial charge is 0.482 e. The number of benzene rings is 1. The number of aliphatic hydroxyl groups is 1. The average molecular weight is 672 g/mol. The fourth-order valence-corrected chi connectivity index (χ4v) is 10.5. The van der Waals surface area contributed by atoms with E-state index in [9.17, 15) is 9.90 Å². The molecule has 1 saturated heterocycles. The van der Waals surface area contributed by atoms with Crippen LogP contribution in [0.4, 0.5) is 0 Å². The standard InChI is InChI=1S/C38H57NO9/c1-34(2,3)35(4,41)28-22-36-11-12-38(28,43-6)33-37(36)13-14-39(23-25-7-8-25)29(36)21-26-9-10-27(32(48-33)31(26)37)47-30(40)24-46-20-19-45-18-17-44-16-15-42-5/h9-10,25,28-29,33,41H,7-8,11-24H2,1-6H3/t28-,29-,33-,35+,36-,37+,38?/m1/s1. The van der Waals surface area contributed by atoms with Crippen molar-refractivity contribution in [2.45, 2.75) is 101 Å². The van der Waals surface area contributed by atoms with E-state index in [1.807, 2.05) is 20.1 Å². The van der Waals surface area contributed by atoms with Crippen LogP contribution in [0.2, 0.25) is 0 Å². The van der Waals surface area contributed by atoms with Crippen LogP contribution in [0.3, 0.4) is 0 Å². The molecule has 1 unspecified atom stereocenters. The molecule has 8 rings (SSSR count). The summed E-state index contributed by atoms with van der Waals surface area (Å²) in [7, 11) is 3.45. The Morgan fingerprint density at radius 1 is 0.979 bits per heavy atom. The predicted molar refractivity (Wildman–Crippen MR) is 179 cm³/mol. The van der Waals surface area contributed by atoms with Gasteiger partial charge < -0.3 is 38.3 Å². The minimum Gasteiger partial charge on any atom is -0.482 e. The lowest BCUT2D eigenvalue weighted by Gasteiger charge is -2.75. The van der Waals surface area contributed by atoms with Gasteiger partial charge in [0.05, 0.1) is 45.2 Å². The number of likely N-dealkylation sites (tertiary alicyclic amines) is 1. The van der Waals surface area contributed by atoms with E-state index in [0.717, 1.165) is 51.1 Å². The number of hydrogen-bond acceptors (Lipinski definition) is 10. The molecule has 0 amide bonds. The van der Waals surface area contributed by atoms with Gasteiger partial charge in [-0.3, -0.25) is 4.90 Å². The fourth-order valence-electron chi connectivity index (χ4n) is 10.5. The van der Waals surface area contributed by atoms with Gasteiger partial charge in [0, 0.05) is 49.1 Å². The number of piperidine rings is 1. The van der Waals surface area contributed by atoms with Gasteiger partial charge in [-0.05, 0) is 81.4 Å². The van der Waals surface area contributed by atoms with Crippen molar-refractivity contribution in [3.05, 3.63) is 23.3 Å². The number of hydrogen-bond donors (Lipinski definition) is 1. The molecule has 4 saturated carbocycles. The van der Waals surface area contributed by atoms with E-state index >= 15 is 0 Å². The highest BCUT2D eigenvalue weighted by Crippen LogP contribution is 2.78. The first-order valence-corrected chi connectivity index (χ1v) is 18.2. The van der Waals surface area contributed by atoms with Crippen LogP contribution >= 0.6 is 0 Å². The zero-order chi connectivity index (χ0) is 34.0. The number of ether oxygens (including phenoxy) is 7. The smallest absolute Gasteiger partial charge is 0.337 e. The lowest BCUT2D eigenvalue weighted by Crippen LogP contribution is -2.83. The molecule has 10 heteroatoms. The molecule has 7 atom stereocenters. The lowest BCUT2D eigenvalue weighted by atomic mass is 9.33. The van der Waals surface area contributed by atoms with E-state index in [-0.39, 0.29) is 41.5 Å². The molecule has 0 aromatic heterocycles. The Kier molecular flexibility index (Phi) is 9.21. The Morgan fingerprint density at radius 3 is 2.35 bits per heavy atom. The maximum absolute atomic E-state index is 13.1. The first-order chi connectivity index (χ1) is 22.9.